The largest absolute Gasteiger partial charge is 0.476 e. The summed E-state index contributed by atoms with van der Waals surface area (Å²) < 4.78 is 5.96. The second-order valence-electron chi connectivity index (χ2n) is 8.21. The summed E-state index contributed by atoms with van der Waals surface area (Å²) in [5, 5.41) is 0. The summed E-state index contributed by atoms with van der Waals surface area (Å²) in [7, 11) is 0. The summed E-state index contributed by atoms with van der Waals surface area (Å²) in [6.07, 6.45) is 6.13. The van der Waals surface area contributed by atoms with Gasteiger partial charge in [0.15, 0.2) is 5.60 Å². The van der Waals surface area contributed by atoms with Crippen LogP contribution in [0.4, 0.5) is 5.69 Å². The third kappa shape index (κ3) is 3.97. The molecule has 0 atom stereocenters. The number of likely N-dealkylation sites (tertiary alicyclic amines) is 1. The molecule has 0 aliphatic carbocycles. The minimum Gasteiger partial charge on any atom is -0.476 e. The molecule has 2 aromatic rings. The molecule has 6 heteroatoms. The summed E-state index contributed by atoms with van der Waals surface area (Å²) in [6, 6.07) is 11.0. The van der Waals surface area contributed by atoms with Gasteiger partial charge in [-0.1, -0.05) is 18.9 Å². The molecule has 0 N–H and O–H groups in total. The zero-order chi connectivity index (χ0) is 20.4. The smallest absolute Gasteiger partial charge is 0.271 e. The Hall–Kier alpha value is -2.89. The number of hydrogen-bond donors (Lipinski definition) is 0. The fourth-order valence-corrected chi connectivity index (χ4v) is 3.97. The van der Waals surface area contributed by atoms with Crippen LogP contribution in [0, 0.1) is 0 Å². The third-order valence-electron chi connectivity index (χ3n) is 5.56. The average Bonchev–Trinajstić information content (AvgIpc) is 3.01. The first kappa shape index (κ1) is 19.4. The number of anilines is 1. The van der Waals surface area contributed by atoms with Crippen LogP contribution >= 0.6 is 0 Å². The lowest BCUT2D eigenvalue weighted by atomic mass is 10.0. The van der Waals surface area contributed by atoms with Gasteiger partial charge in [-0.05, 0) is 57.0 Å². The standard InChI is InChI=1S/C23H27N3O3/c1-23(2)22(28)26(16-18-9-5-6-12-24-18)19-15-17(10-11-20(19)29-23)21(27)25-13-7-3-4-8-14-25/h5-6,9-12,15H,3-4,7-8,13-14,16H2,1-2H3. The Kier molecular flexibility index (Phi) is 5.26. The van der Waals surface area contributed by atoms with E-state index >= 15 is 0 Å². The van der Waals surface area contributed by atoms with Crippen LogP contribution in [-0.2, 0) is 11.3 Å². The van der Waals surface area contributed by atoms with Gasteiger partial charge in [0.25, 0.3) is 11.8 Å². The molecule has 2 amide bonds. The number of benzene rings is 1. The van der Waals surface area contributed by atoms with Gasteiger partial charge in [0, 0.05) is 24.8 Å². The Bertz CT molecular complexity index is 903. The maximum atomic E-state index is 13.1. The molecule has 1 aromatic carbocycles. The Morgan fingerprint density at radius 3 is 2.55 bits per heavy atom. The van der Waals surface area contributed by atoms with Crippen molar-refractivity contribution in [3.8, 4) is 5.75 Å². The number of rotatable bonds is 3. The van der Waals surface area contributed by atoms with E-state index in [2.05, 4.69) is 4.98 Å². The van der Waals surface area contributed by atoms with Crippen LogP contribution in [0.5, 0.6) is 5.75 Å². The van der Waals surface area contributed by atoms with E-state index < -0.39 is 5.60 Å². The van der Waals surface area contributed by atoms with Crippen molar-refractivity contribution >= 4 is 17.5 Å². The van der Waals surface area contributed by atoms with Crippen LogP contribution in [-0.4, -0.2) is 40.4 Å². The van der Waals surface area contributed by atoms with Gasteiger partial charge in [-0.25, -0.2) is 0 Å². The molecule has 0 bridgehead atoms. The predicted molar refractivity (Wildman–Crippen MR) is 111 cm³/mol. The summed E-state index contributed by atoms with van der Waals surface area (Å²) >= 11 is 0. The van der Waals surface area contributed by atoms with E-state index in [4.69, 9.17) is 4.74 Å². The van der Waals surface area contributed by atoms with E-state index in [1.807, 2.05) is 23.1 Å². The van der Waals surface area contributed by atoms with Crippen LogP contribution in [0.3, 0.4) is 0 Å². The molecule has 3 heterocycles. The lowest BCUT2D eigenvalue weighted by molar-refractivity contribution is -0.132. The molecule has 1 saturated heterocycles. The lowest BCUT2D eigenvalue weighted by Crippen LogP contribution is -2.52. The first-order valence-corrected chi connectivity index (χ1v) is 10.3. The monoisotopic (exact) mass is 393 g/mol. The van der Waals surface area contributed by atoms with Crippen LogP contribution in [0.15, 0.2) is 42.6 Å². The van der Waals surface area contributed by atoms with E-state index in [9.17, 15) is 9.59 Å². The summed E-state index contributed by atoms with van der Waals surface area (Å²) in [6.45, 7) is 5.44. The number of carbonyl (C=O) groups is 2. The molecule has 2 aliphatic rings. The second-order valence-corrected chi connectivity index (χ2v) is 8.21. The quantitative estimate of drug-likeness (QED) is 0.796. The van der Waals surface area contributed by atoms with Crippen LogP contribution in [0.2, 0.25) is 0 Å². The van der Waals surface area contributed by atoms with Gasteiger partial charge in [-0.3, -0.25) is 19.5 Å². The Balaban J connectivity index is 1.68. The minimum absolute atomic E-state index is 0.0183. The molecule has 1 aromatic heterocycles. The van der Waals surface area contributed by atoms with Gasteiger partial charge in [0.2, 0.25) is 0 Å². The van der Waals surface area contributed by atoms with Crippen LogP contribution < -0.4 is 9.64 Å². The number of ether oxygens (including phenoxy) is 1. The Morgan fingerprint density at radius 2 is 1.86 bits per heavy atom. The first-order valence-electron chi connectivity index (χ1n) is 10.3. The van der Waals surface area contributed by atoms with Crippen molar-refractivity contribution < 1.29 is 14.3 Å². The van der Waals surface area contributed by atoms with E-state index in [1.54, 1.807) is 43.1 Å². The van der Waals surface area contributed by atoms with Crippen molar-refractivity contribution in [1.82, 2.24) is 9.88 Å². The molecule has 29 heavy (non-hydrogen) atoms. The Morgan fingerprint density at radius 1 is 1.10 bits per heavy atom. The molecular weight excluding hydrogens is 366 g/mol. The van der Waals surface area contributed by atoms with E-state index in [0.717, 1.165) is 31.6 Å². The number of fused-ring (bicyclic) bond motifs is 1. The van der Waals surface area contributed by atoms with E-state index in [0.29, 0.717) is 23.5 Å². The zero-order valence-electron chi connectivity index (χ0n) is 17.1. The highest BCUT2D eigenvalue weighted by molar-refractivity contribution is 6.04. The molecule has 0 saturated carbocycles. The normalized spacial score (nSPS) is 18.6. The topological polar surface area (TPSA) is 62.7 Å². The number of carbonyl (C=O) groups excluding carboxylic acids is 2. The molecule has 4 rings (SSSR count). The number of hydrogen-bond acceptors (Lipinski definition) is 4. The second kappa shape index (κ2) is 7.85. The average molecular weight is 393 g/mol. The maximum absolute atomic E-state index is 13.1. The fourth-order valence-electron chi connectivity index (χ4n) is 3.97. The van der Waals surface area contributed by atoms with E-state index in [-0.39, 0.29) is 11.8 Å². The van der Waals surface area contributed by atoms with Gasteiger partial charge in [-0.2, -0.15) is 0 Å². The highest BCUT2D eigenvalue weighted by atomic mass is 16.5. The van der Waals surface area contributed by atoms with E-state index in [1.165, 1.54) is 12.8 Å². The molecule has 1 fully saturated rings. The summed E-state index contributed by atoms with van der Waals surface area (Å²) in [5.41, 5.74) is 1.03. The molecule has 0 unspecified atom stereocenters. The van der Waals surface area contributed by atoms with Crippen molar-refractivity contribution in [2.45, 2.75) is 51.7 Å². The molecule has 152 valence electrons. The lowest BCUT2D eigenvalue weighted by Gasteiger charge is -2.39. The van der Waals surface area contributed by atoms with Crippen LogP contribution in [0.25, 0.3) is 0 Å². The highest BCUT2D eigenvalue weighted by Crippen LogP contribution is 2.39. The maximum Gasteiger partial charge on any atom is 0.271 e. The van der Waals surface area contributed by atoms with Crippen molar-refractivity contribution in [3.63, 3.8) is 0 Å². The molecule has 2 aliphatic heterocycles. The number of nitrogens with zero attached hydrogens (tertiary/aromatic N) is 3. The summed E-state index contributed by atoms with van der Waals surface area (Å²) in [5.74, 6) is 0.484. The number of aromatic nitrogens is 1. The van der Waals surface area contributed by atoms with Crippen molar-refractivity contribution in [2.24, 2.45) is 0 Å². The Labute approximate surface area is 171 Å². The van der Waals surface area contributed by atoms with Crippen molar-refractivity contribution in [3.05, 3.63) is 53.9 Å². The molecular formula is C23H27N3O3. The number of amides is 2. The number of pyridine rings is 1. The first-order chi connectivity index (χ1) is 14.0. The predicted octanol–water partition coefficient (Wildman–Crippen LogP) is 3.80. The zero-order valence-corrected chi connectivity index (χ0v) is 17.1. The molecule has 0 spiro atoms. The van der Waals surface area contributed by atoms with Crippen molar-refractivity contribution in [1.29, 1.82) is 0 Å². The van der Waals surface area contributed by atoms with Gasteiger partial charge in [-0.15, -0.1) is 0 Å². The summed E-state index contributed by atoms with van der Waals surface area (Å²) in [4.78, 5) is 34.2. The third-order valence-corrected chi connectivity index (χ3v) is 5.56. The van der Waals surface area contributed by atoms with Crippen LogP contribution in [0.1, 0.15) is 55.6 Å². The van der Waals surface area contributed by atoms with Gasteiger partial charge >= 0.3 is 0 Å². The highest BCUT2D eigenvalue weighted by Gasteiger charge is 2.41. The molecule has 0 radical (unpaired) electrons. The SMILES string of the molecule is CC1(C)Oc2ccc(C(=O)N3CCCCCC3)cc2N(Cc2ccccn2)C1=O. The van der Waals surface area contributed by atoms with Crippen molar-refractivity contribution in [2.75, 3.05) is 18.0 Å². The van der Waals surface area contributed by atoms with Gasteiger partial charge in [0.1, 0.15) is 5.75 Å². The van der Waals surface area contributed by atoms with Gasteiger partial charge in [0.05, 0.1) is 17.9 Å². The minimum atomic E-state index is -0.974. The fraction of sp³-hybridized carbons (Fsp3) is 0.435. The molecule has 6 nitrogen and oxygen atoms in total. The van der Waals surface area contributed by atoms with Gasteiger partial charge < -0.3 is 9.64 Å².